The van der Waals surface area contributed by atoms with E-state index in [2.05, 4.69) is 10.3 Å². The summed E-state index contributed by atoms with van der Waals surface area (Å²) in [5.41, 5.74) is 2.98. The van der Waals surface area contributed by atoms with Gasteiger partial charge in [-0.3, -0.25) is 4.79 Å². The molecule has 3 rings (SSSR count). The number of rotatable bonds is 5. The monoisotopic (exact) mass is 390 g/mol. The number of amides is 1. The Balaban J connectivity index is 1.76. The maximum absolute atomic E-state index is 12.4. The molecule has 0 aliphatic carbocycles. The Labute approximate surface area is 155 Å². The number of sulfone groups is 1. The number of thiazole rings is 1. The van der Waals surface area contributed by atoms with Crippen LogP contribution in [0.4, 0.5) is 5.13 Å². The van der Waals surface area contributed by atoms with Gasteiger partial charge in [-0.2, -0.15) is 0 Å². The summed E-state index contributed by atoms with van der Waals surface area (Å²) in [6.07, 6.45) is 0. The lowest BCUT2D eigenvalue weighted by Crippen LogP contribution is -2.22. The second-order valence-electron chi connectivity index (χ2n) is 5.86. The number of hydrogen-bond acceptors (Lipinski definition) is 6. The molecule has 2 aromatic carbocycles. The summed E-state index contributed by atoms with van der Waals surface area (Å²) >= 11 is 1.32. The van der Waals surface area contributed by atoms with E-state index in [0.29, 0.717) is 10.9 Å². The molecular formula is C18H18N2O4S2. The highest BCUT2D eigenvalue weighted by molar-refractivity contribution is 7.92. The maximum atomic E-state index is 12.4. The molecule has 3 aromatic rings. The zero-order valence-electron chi connectivity index (χ0n) is 14.6. The fraction of sp³-hybridized carbons (Fsp3) is 0.222. The van der Waals surface area contributed by atoms with Gasteiger partial charge < -0.3 is 10.1 Å². The number of methoxy groups -OCH3 is 1. The number of fused-ring (bicyclic) bond motifs is 1. The third kappa shape index (κ3) is 3.71. The molecule has 6 nitrogen and oxygen atoms in total. The third-order valence-electron chi connectivity index (χ3n) is 4.07. The summed E-state index contributed by atoms with van der Waals surface area (Å²) in [5.74, 6) is -0.712. The van der Waals surface area contributed by atoms with Crippen LogP contribution in [0, 0.1) is 13.8 Å². The van der Waals surface area contributed by atoms with Crippen LogP contribution in [-0.4, -0.2) is 32.2 Å². The first kappa shape index (κ1) is 18.3. The minimum atomic E-state index is -3.74. The zero-order chi connectivity index (χ0) is 18.9. The summed E-state index contributed by atoms with van der Waals surface area (Å²) in [4.78, 5) is 16.7. The number of anilines is 1. The first-order valence-electron chi connectivity index (χ1n) is 7.83. The molecule has 0 radical (unpaired) electrons. The first-order valence-corrected chi connectivity index (χ1v) is 10.3. The van der Waals surface area contributed by atoms with Crippen molar-refractivity contribution in [1.82, 2.24) is 4.98 Å². The van der Waals surface area contributed by atoms with Gasteiger partial charge in [0.25, 0.3) is 0 Å². The second kappa shape index (κ2) is 7.05. The van der Waals surface area contributed by atoms with E-state index >= 15 is 0 Å². The Bertz CT molecular complexity index is 1070. The van der Waals surface area contributed by atoms with E-state index in [9.17, 15) is 13.2 Å². The number of carbonyl (C=O) groups excluding carboxylic acids is 1. The molecule has 0 atom stereocenters. The van der Waals surface area contributed by atoms with E-state index in [-0.39, 0.29) is 4.90 Å². The highest BCUT2D eigenvalue weighted by Crippen LogP contribution is 2.29. The van der Waals surface area contributed by atoms with Crippen molar-refractivity contribution in [3.8, 4) is 5.75 Å². The number of aryl methyl sites for hydroxylation is 2. The number of aromatic nitrogens is 1. The summed E-state index contributed by atoms with van der Waals surface area (Å²) in [5, 5.41) is 2.98. The normalized spacial score (nSPS) is 11.5. The molecule has 26 heavy (non-hydrogen) atoms. The quantitative estimate of drug-likeness (QED) is 0.722. The molecule has 0 unspecified atom stereocenters. The topological polar surface area (TPSA) is 85.4 Å². The van der Waals surface area contributed by atoms with Crippen molar-refractivity contribution in [2.45, 2.75) is 18.7 Å². The molecule has 1 heterocycles. The molecular weight excluding hydrogens is 372 g/mol. The molecule has 136 valence electrons. The molecule has 0 bridgehead atoms. The lowest BCUT2D eigenvalue weighted by Gasteiger charge is -2.05. The molecule has 1 aromatic heterocycles. The van der Waals surface area contributed by atoms with Gasteiger partial charge in [-0.05, 0) is 55.3 Å². The lowest BCUT2D eigenvalue weighted by molar-refractivity contribution is -0.113. The molecule has 0 aliphatic rings. The standard InChI is InChI=1S/C18H18N2O4S2/c1-11-4-9-15-17(12(11)2)20-18(25-15)19-16(21)10-26(22,23)14-7-5-13(24-3)6-8-14/h4-9H,10H2,1-3H3,(H,19,20,21). The van der Waals surface area contributed by atoms with Crippen LogP contribution in [0.3, 0.4) is 0 Å². The van der Waals surface area contributed by atoms with Crippen LogP contribution < -0.4 is 10.1 Å². The molecule has 0 aliphatic heterocycles. The SMILES string of the molecule is COc1ccc(S(=O)(=O)CC(=O)Nc2nc3c(C)c(C)ccc3s2)cc1. The van der Waals surface area contributed by atoms with Crippen LogP contribution >= 0.6 is 11.3 Å². The Hall–Kier alpha value is -2.45. The first-order chi connectivity index (χ1) is 12.3. The lowest BCUT2D eigenvalue weighted by atomic mass is 10.1. The number of benzene rings is 2. The molecule has 0 fully saturated rings. The zero-order valence-corrected chi connectivity index (χ0v) is 16.2. The van der Waals surface area contributed by atoms with Crippen molar-refractivity contribution in [3.05, 3.63) is 47.5 Å². The van der Waals surface area contributed by atoms with Gasteiger partial charge >= 0.3 is 0 Å². The van der Waals surface area contributed by atoms with Crippen molar-refractivity contribution in [3.63, 3.8) is 0 Å². The molecule has 1 N–H and O–H groups in total. The van der Waals surface area contributed by atoms with E-state index in [1.807, 2.05) is 26.0 Å². The number of nitrogens with one attached hydrogen (secondary N) is 1. The average molecular weight is 390 g/mol. The second-order valence-corrected chi connectivity index (χ2v) is 8.88. The van der Waals surface area contributed by atoms with Crippen LogP contribution in [0.1, 0.15) is 11.1 Å². The maximum Gasteiger partial charge on any atom is 0.241 e. The van der Waals surface area contributed by atoms with Gasteiger partial charge in [0.1, 0.15) is 11.5 Å². The average Bonchev–Trinajstić information content (AvgIpc) is 3.01. The van der Waals surface area contributed by atoms with Gasteiger partial charge in [0.05, 0.1) is 22.2 Å². The number of ether oxygens (including phenoxy) is 1. The van der Waals surface area contributed by atoms with Crippen molar-refractivity contribution >= 4 is 42.4 Å². The van der Waals surface area contributed by atoms with Crippen molar-refractivity contribution in [2.24, 2.45) is 0 Å². The van der Waals surface area contributed by atoms with Gasteiger partial charge in [-0.15, -0.1) is 0 Å². The van der Waals surface area contributed by atoms with Crippen molar-refractivity contribution < 1.29 is 17.9 Å². The van der Waals surface area contributed by atoms with Crippen molar-refractivity contribution in [2.75, 3.05) is 18.2 Å². The highest BCUT2D eigenvalue weighted by Gasteiger charge is 2.20. The largest absolute Gasteiger partial charge is 0.497 e. The molecule has 8 heteroatoms. The minimum absolute atomic E-state index is 0.0734. The number of hydrogen-bond donors (Lipinski definition) is 1. The summed E-state index contributed by atoms with van der Waals surface area (Å²) < 4.78 is 30.7. The van der Waals surface area contributed by atoms with Gasteiger partial charge in [0.2, 0.25) is 5.91 Å². The fourth-order valence-corrected chi connectivity index (χ4v) is 4.55. The Kier molecular flexibility index (Phi) is 4.97. The molecule has 1 amide bonds. The van der Waals surface area contributed by atoms with E-state index < -0.39 is 21.5 Å². The Morgan fingerprint density at radius 2 is 1.85 bits per heavy atom. The van der Waals surface area contributed by atoms with Crippen LogP contribution in [0.2, 0.25) is 0 Å². The summed E-state index contributed by atoms with van der Waals surface area (Å²) in [7, 11) is -2.24. The van der Waals surface area contributed by atoms with Gasteiger partial charge in [-0.25, -0.2) is 13.4 Å². The van der Waals surface area contributed by atoms with E-state index in [4.69, 9.17) is 4.74 Å². The van der Waals surface area contributed by atoms with Crippen molar-refractivity contribution in [1.29, 1.82) is 0 Å². The molecule has 0 saturated heterocycles. The van der Waals surface area contributed by atoms with Crippen LogP contribution in [0.5, 0.6) is 5.75 Å². The van der Waals surface area contributed by atoms with E-state index in [1.165, 1.54) is 30.6 Å². The highest BCUT2D eigenvalue weighted by atomic mass is 32.2. The number of nitrogens with zero attached hydrogens (tertiary/aromatic N) is 1. The van der Waals surface area contributed by atoms with E-state index in [1.54, 1.807) is 12.1 Å². The molecule has 0 spiro atoms. The van der Waals surface area contributed by atoms with Crippen LogP contribution in [-0.2, 0) is 14.6 Å². The van der Waals surface area contributed by atoms with Crippen LogP contribution in [0.25, 0.3) is 10.2 Å². The Morgan fingerprint density at radius 1 is 1.15 bits per heavy atom. The summed E-state index contributed by atoms with van der Waals surface area (Å²) in [6, 6.07) is 9.87. The van der Waals surface area contributed by atoms with Gasteiger partial charge in [0, 0.05) is 0 Å². The smallest absolute Gasteiger partial charge is 0.241 e. The third-order valence-corrected chi connectivity index (χ3v) is 6.64. The van der Waals surface area contributed by atoms with Gasteiger partial charge in [0.15, 0.2) is 15.0 Å². The Morgan fingerprint density at radius 3 is 2.50 bits per heavy atom. The predicted molar refractivity (Wildman–Crippen MR) is 103 cm³/mol. The van der Waals surface area contributed by atoms with Crippen LogP contribution in [0.15, 0.2) is 41.3 Å². The summed E-state index contributed by atoms with van der Waals surface area (Å²) in [6.45, 7) is 3.96. The minimum Gasteiger partial charge on any atom is -0.497 e. The number of carbonyl (C=O) groups is 1. The predicted octanol–water partition coefficient (Wildman–Crippen LogP) is 3.33. The van der Waals surface area contributed by atoms with E-state index in [0.717, 1.165) is 21.3 Å². The fourth-order valence-electron chi connectivity index (χ4n) is 2.47. The molecule has 0 saturated carbocycles. The van der Waals surface area contributed by atoms with Gasteiger partial charge in [-0.1, -0.05) is 17.4 Å².